The topological polar surface area (TPSA) is 41.6 Å². The number of aryl methyl sites for hydroxylation is 1. The Kier molecular flexibility index (Phi) is 3.71. The summed E-state index contributed by atoms with van der Waals surface area (Å²) in [5.41, 5.74) is 3.64. The number of hydrogen-bond acceptors (Lipinski definition) is 2. The fourth-order valence-corrected chi connectivity index (χ4v) is 2.65. The maximum atomic E-state index is 13.9. The Morgan fingerprint density at radius 3 is 2.77 bits per heavy atom. The Labute approximate surface area is 128 Å². The van der Waals surface area contributed by atoms with Crippen molar-refractivity contribution in [3.05, 3.63) is 58.9 Å². The summed E-state index contributed by atoms with van der Waals surface area (Å²) in [4.78, 5) is 14.0. The van der Waals surface area contributed by atoms with Gasteiger partial charge in [-0.1, -0.05) is 18.2 Å². The first-order valence-corrected chi connectivity index (χ1v) is 7.05. The van der Waals surface area contributed by atoms with Crippen LogP contribution >= 0.6 is 0 Å². The van der Waals surface area contributed by atoms with Crippen molar-refractivity contribution < 1.29 is 13.9 Å². The summed E-state index contributed by atoms with van der Waals surface area (Å²) in [6, 6.07) is 10.1. The second kappa shape index (κ2) is 5.67. The summed E-state index contributed by atoms with van der Waals surface area (Å²) < 4.78 is 18.8. The number of rotatable bonds is 2. The monoisotopic (exact) mass is 300 g/mol. The van der Waals surface area contributed by atoms with Gasteiger partial charge < -0.3 is 15.0 Å². The second-order valence-electron chi connectivity index (χ2n) is 5.34. The van der Waals surface area contributed by atoms with Gasteiger partial charge in [-0.25, -0.2) is 9.18 Å². The van der Waals surface area contributed by atoms with Crippen LogP contribution < -0.4 is 10.1 Å². The number of urea groups is 1. The highest BCUT2D eigenvalue weighted by Crippen LogP contribution is 2.27. The largest absolute Gasteiger partial charge is 0.497 e. The molecule has 0 aromatic heterocycles. The lowest BCUT2D eigenvalue weighted by Gasteiger charge is -2.17. The number of methoxy groups -OCH3 is 1. The summed E-state index contributed by atoms with van der Waals surface area (Å²) in [5.74, 6) is -0.0970. The van der Waals surface area contributed by atoms with Crippen molar-refractivity contribution in [1.29, 1.82) is 0 Å². The van der Waals surface area contributed by atoms with Crippen molar-refractivity contribution in [1.82, 2.24) is 4.90 Å². The van der Waals surface area contributed by atoms with Crippen LogP contribution in [0, 0.1) is 12.7 Å². The molecule has 1 aliphatic rings. The van der Waals surface area contributed by atoms with E-state index in [9.17, 15) is 9.18 Å². The Hall–Kier alpha value is -2.56. The predicted molar refractivity (Wildman–Crippen MR) is 82.4 cm³/mol. The van der Waals surface area contributed by atoms with Gasteiger partial charge in [-0.3, -0.25) is 0 Å². The van der Waals surface area contributed by atoms with Crippen molar-refractivity contribution in [3.8, 4) is 5.75 Å². The highest BCUT2D eigenvalue weighted by Gasteiger charge is 2.24. The van der Waals surface area contributed by atoms with Crippen LogP contribution in [-0.2, 0) is 13.1 Å². The van der Waals surface area contributed by atoms with Gasteiger partial charge in [0.1, 0.15) is 11.6 Å². The third-order valence-electron chi connectivity index (χ3n) is 3.92. The molecule has 5 heteroatoms. The normalized spacial score (nSPS) is 13.0. The zero-order valence-electron chi connectivity index (χ0n) is 12.5. The van der Waals surface area contributed by atoms with Crippen molar-refractivity contribution in [3.63, 3.8) is 0 Å². The molecule has 2 aromatic carbocycles. The van der Waals surface area contributed by atoms with Gasteiger partial charge in [0.25, 0.3) is 0 Å². The minimum Gasteiger partial charge on any atom is -0.497 e. The molecule has 2 amide bonds. The van der Waals surface area contributed by atoms with Crippen LogP contribution in [0.15, 0.2) is 36.4 Å². The second-order valence-corrected chi connectivity index (χ2v) is 5.34. The average molecular weight is 300 g/mol. The van der Waals surface area contributed by atoms with Gasteiger partial charge in [-0.2, -0.15) is 0 Å². The van der Waals surface area contributed by atoms with Crippen LogP contribution in [0.3, 0.4) is 0 Å². The van der Waals surface area contributed by atoms with Crippen LogP contribution in [0.1, 0.15) is 16.7 Å². The van der Waals surface area contributed by atoms with E-state index < -0.39 is 5.82 Å². The molecular formula is C17H17FN2O2. The highest BCUT2D eigenvalue weighted by molar-refractivity contribution is 5.90. The Morgan fingerprint density at radius 2 is 2.09 bits per heavy atom. The minimum atomic E-state index is -0.513. The quantitative estimate of drug-likeness (QED) is 0.919. The number of benzene rings is 2. The standard InChI is InChI=1S/C17H17FN2O2/c1-11-4-3-5-12-9-20(10-14(11)12)17(21)19-16-7-6-13(22-2)8-15(16)18/h3-8H,9-10H2,1-2H3,(H,19,21). The van der Waals surface area contributed by atoms with E-state index in [1.54, 1.807) is 11.0 Å². The van der Waals surface area contributed by atoms with Gasteiger partial charge in [-0.05, 0) is 35.7 Å². The Bertz CT molecular complexity index is 731. The summed E-state index contributed by atoms with van der Waals surface area (Å²) in [6.07, 6.45) is 0. The van der Waals surface area contributed by atoms with Gasteiger partial charge in [0, 0.05) is 19.2 Å². The van der Waals surface area contributed by atoms with Crippen molar-refractivity contribution in [2.75, 3.05) is 12.4 Å². The zero-order chi connectivity index (χ0) is 15.7. The summed E-state index contributed by atoms with van der Waals surface area (Å²) in [6.45, 7) is 3.12. The lowest BCUT2D eigenvalue weighted by atomic mass is 10.1. The first-order valence-electron chi connectivity index (χ1n) is 7.05. The van der Waals surface area contributed by atoms with Gasteiger partial charge >= 0.3 is 6.03 Å². The lowest BCUT2D eigenvalue weighted by molar-refractivity contribution is 0.212. The highest BCUT2D eigenvalue weighted by atomic mass is 19.1. The van der Waals surface area contributed by atoms with E-state index in [0.717, 1.165) is 5.56 Å². The Balaban J connectivity index is 1.73. The molecule has 0 spiro atoms. The van der Waals surface area contributed by atoms with Crippen molar-refractivity contribution in [2.24, 2.45) is 0 Å². The third-order valence-corrected chi connectivity index (χ3v) is 3.92. The molecule has 0 radical (unpaired) electrons. The van der Waals surface area contributed by atoms with Gasteiger partial charge in [-0.15, -0.1) is 0 Å². The number of nitrogens with zero attached hydrogens (tertiary/aromatic N) is 1. The third kappa shape index (κ3) is 2.62. The predicted octanol–water partition coefficient (Wildman–Crippen LogP) is 3.69. The molecule has 114 valence electrons. The fourth-order valence-electron chi connectivity index (χ4n) is 2.65. The molecule has 1 heterocycles. The van der Waals surface area contributed by atoms with E-state index in [0.29, 0.717) is 18.8 Å². The van der Waals surface area contributed by atoms with E-state index >= 15 is 0 Å². The maximum absolute atomic E-state index is 13.9. The van der Waals surface area contributed by atoms with Crippen LogP contribution in [0.2, 0.25) is 0 Å². The zero-order valence-corrected chi connectivity index (χ0v) is 12.5. The molecule has 22 heavy (non-hydrogen) atoms. The molecule has 0 saturated carbocycles. The first kappa shape index (κ1) is 14.4. The van der Waals surface area contributed by atoms with E-state index in [2.05, 4.69) is 5.32 Å². The summed E-state index contributed by atoms with van der Waals surface area (Å²) >= 11 is 0. The SMILES string of the molecule is COc1ccc(NC(=O)N2Cc3cccc(C)c3C2)c(F)c1. The number of carbonyl (C=O) groups is 1. The molecule has 0 atom stereocenters. The molecule has 1 N–H and O–H groups in total. The number of ether oxygens (including phenoxy) is 1. The maximum Gasteiger partial charge on any atom is 0.322 e. The fraction of sp³-hybridized carbons (Fsp3) is 0.235. The number of amides is 2. The van der Waals surface area contributed by atoms with E-state index in [4.69, 9.17) is 4.74 Å². The molecule has 3 rings (SSSR count). The van der Waals surface area contributed by atoms with Gasteiger partial charge in [0.05, 0.1) is 12.8 Å². The van der Waals surface area contributed by atoms with E-state index in [1.807, 2.05) is 25.1 Å². The molecular weight excluding hydrogens is 283 g/mol. The van der Waals surface area contributed by atoms with Crippen LogP contribution in [0.5, 0.6) is 5.75 Å². The number of carbonyl (C=O) groups excluding carboxylic acids is 1. The molecule has 0 aliphatic carbocycles. The van der Waals surface area contributed by atoms with Gasteiger partial charge in [0.15, 0.2) is 0 Å². The lowest BCUT2D eigenvalue weighted by Crippen LogP contribution is -2.30. The van der Waals surface area contributed by atoms with Gasteiger partial charge in [0.2, 0.25) is 0 Å². The summed E-state index contributed by atoms with van der Waals surface area (Å²) in [5, 5.41) is 2.61. The summed E-state index contributed by atoms with van der Waals surface area (Å²) in [7, 11) is 1.47. The van der Waals surface area contributed by atoms with E-state index in [1.165, 1.54) is 30.4 Å². The van der Waals surface area contributed by atoms with Crippen molar-refractivity contribution >= 4 is 11.7 Å². The van der Waals surface area contributed by atoms with Crippen LogP contribution in [0.4, 0.5) is 14.9 Å². The minimum absolute atomic E-state index is 0.151. The molecule has 2 aromatic rings. The van der Waals surface area contributed by atoms with Crippen LogP contribution in [-0.4, -0.2) is 18.0 Å². The number of anilines is 1. The number of nitrogens with one attached hydrogen (secondary N) is 1. The van der Waals surface area contributed by atoms with E-state index in [-0.39, 0.29) is 11.7 Å². The molecule has 0 bridgehead atoms. The average Bonchev–Trinajstić information content (AvgIpc) is 2.95. The number of hydrogen-bond donors (Lipinski definition) is 1. The molecule has 4 nitrogen and oxygen atoms in total. The molecule has 0 unspecified atom stereocenters. The van der Waals surface area contributed by atoms with Crippen molar-refractivity contribution in [2.45, 2.75) is 20.0 Å². The molecule has 1 aliphatic heterocycles. The molecule has 0 fully saturated rings. The smallest absolute Gasteiger partial charge is 0.322 e. The molecule has 0 saturated heterocycles. The Morgan fingerprint density at radius 1 is 1.27 bits per heavy atom. The van der Waals surface area contributed by atoms with Crippen LogP contribution in [0.25, 0.3) is 0 Å². The number of fused-ring (bicyclic) bond motifs is 1. The number of halogens is 1. The first-order chi connectivity index (χ1) is 10.6.